The average Bonchev–Trinajstić information content (AvgIpc) is 3.71. The fraction of sp³-hybridized carbons (Fsp3) is 0.387. The molecule has 2 saturated heterocycles. The average molecular weight is 701 g/mol. The van der Waals surface area contributed by atoms with Gasteiger partial charge >= 0.3 is 6.18 Å². The van der Waals surface area contributed by atoms with E-state index in [1.807, 2.05) is 4.90 Å². The number of anilines is 2. The van der Waals surface area contributed by atoms with Crippen LogP contribution in [0.25, 0.3) is 16.9 Å². The minimum Gasteiger partial charge on any atom is -0.483 e. The van der Waals surface area contributed by atoms with Gasteiger partial charge in [0.1, 0.15) is 6.54 Å². The summed E-state index contributed by atoms with van der Waals surface area (Å²) in [7, 11) is 0. The van der Waals surface area contributed by atoms with Gasteiger partial charge in [0.2, 0.25) is 5.91 Å². The smallest absolute Gasteiger partial charge is 0.435 e. The summed E-state index contributed by atoms with van der Waals surface area (Å²) in [5.41, 5.74) is -0.215. The maximum atomic E-state index is 13.8. The molecule has 0 saturated carbocycles. The van der Waals surface area contributed by atoms with Gasteiger partial charge in [-0.05, 0) is 50.0 Å². The number of piperazine rings is 1. The van der Waals surface area contributed by atoms with Gasteiger partial charge in [-0.2, -0.15) is 23.5 Å². The number of nitriles is 1. The van der Waals surface area contributed by atoms with Crippen LogP contribution in [0.1, 0.15) is 35.3 Å². The number of nitrogens with one attached hydrogen (secondary N) is 2. The van der Waals surface area contributed by atoms with Crippen molar-refractivity contribution in [1.82, 2.24) is 39.3 Å². The van der Waals surface area contributed by atoms with Crippen molar-refractivity contribution >= 4 is 47.0 Å². The molecule has 0 spiro atoms. The SMILES string of the molecule is N#CCn1cc(-c2cnc3c(Nc4ccc(C(=O)N5CCN(C(=O)CC6CCNCC6)CC5)c(Cl)c4)nccn23)c(C(F)(F)F)n1.O=CO. The standard InChI is InChI=1S/C30H30ClF3N10O2.CH2O2/c31-23-16-20(1-2-21(23)29(46)42-13-11-41(12-14-42)25(45)15-19-3-6-36-7-4-19)39-27-28-38-17-24(44(28)10-8-37-27)22-18-43(9-5-35)40-26(22)30(32,33)34;2-1-3/h1-2,8,10,16-19,36H,3-4,6-7,9,11-15H2,(H,37,39);1H,(H,2,3). The molecule has 49 heavy (non-hydrogen) atoms. The zero-order valence-corrected chi connectivity index (χ0v) is 26.8. The van der Waals surface area contributed by atoms with Crippen LogP contribution in [-0.2, 0) is 22.3 Å². The van der Waals surface area contributed by atoms with E-state index in [1.54, 1.807) is 29.2 Å². The molecule has 0 atom stereocenters. The molecule has 4 aromatic rings. The molecule has 2 fully saturated rings. The number of aromatic nitrogens is 5. The molecule has 0 radical (unpaired) electrons. The molecule has 1 aromatic carbocycles. The second kappa shape index (κ2) is 15.3. The lowest BCUT2D eigenvalue weighted by molar-refractivity contribution is -0.141. The van der Waals surface area contributed by atoms with Crippen molar-refractivity contribution in [2.24, 2.45) is 5.92 Å². The Bertz CT molecular complexity index is 1860. The highest BCUT2D eigenvalue weighted by molar-refractivity contribution is 6.34. The number of amides is 2. The molecule has 258 valence electrons. The number of imidazole rings is 1. The number of carboxylic acid groups (broad SMARTS) is 1. The predicted molar refractivity (Wildman–Crippen MR) is 171 cm³/mol. The van der Waals surface area contributed by atoms with Gasteiger partial charge in [0.05, 0.1) is 34.1 Å². The first-order valence-electron chi connectivity index (χ1n) is 15.3. The third-order valence-electron chi connectivity index (χ3n) is 8.27. The number of nitrogens with zero attached hydrogens (tertiary/aromatic N) is 8. The minimum absolute atomic E-state index is 0.115. The van der Waals surface area contributed by atoms with Gasteiger partial charge in [-0.15, -0.1) is 0 Å². The van der Waals surface area contributed by atoms with Crippen LogP contribution in [0.5, 0.6) is 0 Å². The Hall–Kier alpha value is -5.21. The molecular formula is C31H32ClF3N10O4. The van der Waals surface area contributed by atoms with Crippen LogP contribution >= 0.6 is 11.6 Å². The lowest BCUT2D eigenvalue weighted by Crippen LogP contribution is -2.51. The third kappa shape index (κ3) is 8.09. The summed E-state index contributed by atoms with van der Waals surface area (Å²) in [6.07, 6.45) is 3.11. The Balaban J connectivity index is 0.00000151. The van der Waals surface area contributed by atoms with Crippen LogP contribution in [0.2, 0.25) is 5.02 Å². The highest BCUT2D eigenvalue weighted by atomic mass is 35.5. The van der Waals surface area contributed by atoms with Crippen molar-refractivity contribution in [3.63, 3.8) is 0 Å². The van der Waals surface area contributed by atoms with Crippen LogP contribution in [0.3, 0.4) is 0 Å². The molecule has 14 nitrogen and oxygen atoms in total. The number of fused-ring (bicyclic) bond motifs is 1. The second-order valence-corrected chi connectivity index (χ2v) is 11.8. The van der Waals surface area contributed by atoms with Crippen molar-refractivity contribution in [3.05, 3.63) is 59.3 Å². The highest BCUT2D eigenvalue weighted by Crippen LogP contribution is 2.37. The Labute approximate surface area is 283 Å². The first-order chi connectivity index (χ1) is 23.5. The van der Waals surface area contributed by atoms with E-state index in [2.05, 4.69) is 25.7 Å². The van der Waals surface area contributed by atoms with Crippen LogP contribution in [0.15, 0.2) is 43.0 Å². The summed E-state index contributed by atoms with van der Waals surface area (Å²) >= 11 is 6.55. The van der Waals surface area contributed by atoms with Crippen LogP contribution < -0.4 is 10.6 Å². The summed E-state index contributed by atoms with van der Waals surface area (Å²) in [6, 6.07) is 6.60. The molecule has 5 heterocycles. The largest absolute Gasteiger partial charge is 0.483 e. The van der Waals surface area contributed by atoms with Gasteiger partial charge < -0.3 is 25.5 Å². The van der Waals surface area contributed by atoms with E-state index < -0.39 is 11.9 Å². The molecule has 2 aliphatic heterocycles. The summed E-state index contributed by atoms with van der Waals surface area (Å²) in [6.45, 7) is 3.05. The van der Waals surface area contributed by atoms with Crippen LogP contribution in [-0.4, -0.2) is 96.6 Å². The number of carbonyl (C=O) groups excluding carboxylic acids is 2. The van der Waals surface area contributed by atoms with Crippen molar-refractivity contribution < 1.29 is 32.7 Å². The van der Waals surface area contributed by atoms with Gasteiger partial charge in [-0.1, -0.05) is 11.6 Å². The van der Waals surface area contributed by atoms with Crippen molar-refractivity contribution in [3.8, 4) is 17.3 Å². The molecular weight excluding hydrogens is 669 g/mol. The molecule has 3 aromatic heterocycles. The Morgan fingerprint density at radius 3 is 2.49 bits per heavy atom. The second-order valence-electron chi connectivity index (χ2n) is 11.4. The molecule has 6 rings (SSSR count). The van der Waals surface area contributed by atoms with E-state index >= 15 is 0 Å². The van der Waals surface area contributed by atoms with E-state index in [-0.39, 0.29) is 52.6 Å². The number of hydrogen-bond acceptors (Lipinski definition) is 9. The quantitative estimate of drug-likeness (QED) is 0.240. The summed E-state index contributed by atoms with van der Waals surface area (Å²) in [5.74, 6) is 0.541. The Kier molecular flexibility index (Phi) is 11.0. The number of rotatable bonds is 7. The first-order valence-corrected chi connectivity index (χ1v) is 15.7. The van der Waals surface area contributed by atoms with E-state index in [0.29, 0.717) is 49.8 Å². The van der Waals surface area contributed by atoms with Gasteiger partial charge in [0.25, 0.3) is 12.4 Å². The van der Waals surface area contributed by atoms with E-state index in [9.17, 15) is 22.8 Å². The third-order valence-corrected chi connectivity index (χ3v) is 8.58. The number of halogens is 4. The minimum atomic E-state index is -4.75. The van der Waals surface area contributed by atoms with Gasteiger partial charge in [0, 0.05) is 56.9 Å². The fourth-order valence-corrected chi connectivity index (χ4v) is 6.13. The van der Waals surface area contributed by atoms with Crippen LogP contribution in [0.4, 0.5) is 24.7 Å². The first kappa shape index (κ1) is 35.1. The van der Waals surface area contributed by atoms with Gasteiger partial charge in [-0.25, -0.2) is 9.97 Å². The van der Waals surface area contributed by atoms with Crippen LogP contribution in [0, 0.1) is 17.2 Å². The zero-order valence-electron chi connectivity index (χ0n) is 26.0. The lowest BCUT2D eigenvalue weighted by atomic mass is 9.94. The summed E-state index contributed by atoms with van der Waals surface area (Å²) < 4.78 is 43.7. The summed E-state index contributed by atoms with van der Waals surface area (Å²) in [4.78, 5) is 46.6. The highest BCUT2D eigenvalue weighted by Gasteiger charge is 2.38. The number of piperidine rings is 1. The van der Waals surface area contributed by atoms with E-state index in [4.69, 9.17) is 26.8 Å². The van der Waals surface area contributed by atoms with E-state index in [1.165, 1.54) is 23.0 Å². The predicted octanol–water partition coefficient (Wildman–Crippen LogP) is 3.91. The molecule has 0 unspecified atom stereocenters. The van der Waals surface area contributed by atoms with Crippen molar-refractivity contribution in [2.75, 3.05) is 44.6 Å². The van der Waals surface area contributed by atoms with Gasteiger partial charge in [0.15, 0.2) is 17.2 Å². The molecule has 2 aliphatic rings. The Morgan fingerprint density at radius 2 is 1.84 bits per heavy atom. The molecule has 3 N–H and O–H groups in total. The van der Waals surface area contributed by atoms with Crippen molar-refractivity contribution in [1.29, 1.82) is 5.26 Å². The van der Waals surface area contributed by atoms with E-state index in [0.717, 1.165) is 36.8 Å². The zero-order chi connectivity index (χ0) is 35.1. The molecule has 18 heteroatoms. The fourth-order valence-electron chi connectivity index (χ4n) is 5.87. The maximum absolute atomic E-state index is 13.8. The molecule has 2 amide bonds. The van der Waals surface area contributed by atoms with Gasteiger partial charge in [-0.3, -0.25) is 23.5 Å². The topological polar surface area (TPSA) is 174 Å². The number of carbonyl (C=O) groups is 3. The monoisotopic (exact) mass is 700 g/mol. The lowest BCUT2D eigenvalue weighted by Gasteiger charge is -2.36. The molecule has 0 bridgehead atoms. The van der Waals surface area contributed by atoms with Crippen molar-refractivity contribution in [2.45, 2.75) is 32.0 Å². The maximum Gasteiger partial charge on any atom is 0.435 e. The summed E-state index contributed by atoms with van der Waals surface area (Å²) in [5, 5.41) is 26.0. The Morgan fingerprint density at radius 1 is 1.14 bits per heavy atom. The number of hydrogen-bond donors (Lipinski definition) is 3. The number of alkyl halides is 3. The normalized spacial score (nSPS) is 15.3. The number of benzene rings is 1. The molecule has 0 aliphatic carbocycles.